The minimum absolute atomic E-state index is 0.0618. The van der Waals surface area contributed by atoms with Crippen LogP contribution in [0.15, 0.2) is 90.5 Å². The van der Waals surface area contributed by atoms with Crippen LogP contribution in [0, 0.1) is 0 Å². The van der Waals surface area contributed by atoms with Gasteiger partial charge in [0.2, 0.25) is 0 Å². The van der Waals surface area contributed by atoms with E-state index in [1.807, 2.05) is 48.9 Å². The van der Waals surface area contributed by atoms with Crippen molar-refractivity contribution in [1.82, 2.24) is 15.0 Å². The summed E-state index contributed by atoms with van der Waals surface area (Å²) in [6, 6.07) is 11.9. The fourth-order valence-electron chi connectivity index (χ4n) is 3.50. The second-order valence-electron chi connectivity index (χ2n) is 6.50. The maximum absolute atomic E-state index is 5.93. The summed E-state index contributed by atoms with van der Waals surface area (Å²) < 4.78 is 0. The normalized spacial score (nSPS) is 18.9. The molecule has 4 rings (SSSR count). The lowest BCUT2D eigenvalue weighted by molar-refractivity contribution is 0.544. The highest BCUT2D eigenvalue weighted by Gasteiger charge is 2.40. The molecule has 3 aromatic heterocycles. The maximum atomic E-state index is 5.93. The molecule has 1 aliphatic rings. The van der Waals surface area contributed by atoms with E-state index in [2.05, 4.69) is 37.4 Å². The average molecular weight is 356 g/mol. The molecule has 0 radical (unpaired) electrons. The van der Waals surface area contributed by atoms with Gasteiger partial charge in [-0.15, -0.1) is 0 Å². The highest BCUT2D eigenvalue weighted by atomic mass is 15.0. The van der Waals surface area contributed by atoms with Crippen LogP contribution >= 0.6 is 0 Å². The quantitative estimate of drug-likeness (QED) is 0.733. The minimum Gasteiger partial charge on any atom is -0.384 e. The standard InChI is InChI=1S/C21H20N6/c22-19-7-8-21(15-26-19,27-18-6-3-11-25-14-18)20(16-4-1-9-23-12-16)17-5-2-10-24-13-17/h1-7,9-15,20,27H,8,22H2. The first-order valence-corrected chi connectivity index (χ1v) is 8.76. The van der Waals surface area contributed by atoms with Gasteiger partial charge in [-0.3, -0.25) is 15.0 Å². The van der Waals surface area contributed by atoms with Crippen molar-refractivity contribution in [3.8, 4) is 0 Å². The van der Waals surface area contributed by atoms with Gasteiger partial charge in [0.1, 0.15) is 5.82 Å². The zero-order chi connectivity index (χ0) is 18.5. The smallest absolute Gasteiger partial charge is 0.119 e. The van der Waals surface area contributed by atoms with E-state index in [4.69, 9.17) is 5.73 Å². The Hall–Kier alpha value is -3.54. The van der Waals surface area contributed by atoms with Crippen molar-refractivity contribution >= 4 is 11.9 Å². The molecule has 1 unspecified atom stereocenters. The first kappa shape index (κ1) is 16.9. The monoisotopic (exact) mass is 356 g/mol. The molecule has 1 atom stereocenters. The highest BCUT2D eigenvalue weighted by molar-refractivity contribution is 5.80. The summed E-state index contributed by atoms with van der Waals surface area (Å²) in [7, 11) is 0. The summed E-state index contributed by atoms with van der Waals surface area (Å²) >= 11 is 0. The number of hydrogen-bond donors (Lipinski definition) is 2. The van der Waals surface area contributed by atoms with Crippen molar-refractivity contribution in [2.45, 2.75) is 17.9 Å². The Morgan fingerprint density at radius 1 is 0.889 bits per heavy atom. The lowest BCUT2D eigenvalue weighted by Crippen LogP contribution is -2.47. The number of pyridine rings is 3. The number of rotatable bonds is 5. The van der Waals surface area contributed by atoms with Crippen LogP contribution in [-0.4, -0.2) is 26.7 Å². The fraction of sp³-hybridized carbons (Fsp3) is 0.143. The Morgan fingerprint density at radius 2 is 1.52 bits per heavy atom. The van der Waals surface area contributed by atoms with Crippen LogP contribution in [0.3, 0.4) is 0 Å². The second kappa shape index (κ2) is 7.37. The van der Waals surface area contributed by atoms with E-state index < -0.39 is 5.54 Å². The van der Waals surface area contributed by atoms with E-state index in [-0.39, 0.29) is 5.92 Å². The summed E-state index contributed by atoms with van der Waals surface area (Å²) in [5.41, 5.74) is 8.45. The molecule has 0 aromatic carbocycles. The molecule has 0 aliphatic carbocycles. The third-order valence-corrected chi connectivity index (χ3v) is 4.68. The molecule has 134 valence electrons. The molecule has 0 amide bonds. The number of aliphatic imine (C=N–C) groups is 1. The summed E-state index contributed by atoms with van der Waals surface area (Å²) in [6.07, 6.45) is 15.4. The summed E-state index contributed by atoms with van der Waals surface area (Å²) in [5.74, 6) is 0.461. The van der Waals surface area contributed by atoms with Crippen LogP contribution < -0.4 is 11.1 Å². The van der Waals surface area contributed by atoms with Gasteiger partial charge < -0.3 is 11.1 Å². The number of anilines is 1. The van der Waals surface area contributed by atoms with E-state index >= 15 is 0 Å². The molecule has 3 N–H and O–H groups in total. The van der Waals surface area contributed by atoms with E-state index in [1.54, 1.807) is 24.8 Å². The number of nitrogens with zero attached hydrogens (tertiary/aromatic N) is 4. The molecule has 3 aromatic rings. The first-order valence-electron chi connectivity index (χ1n) is 8.76. The number of aromatic nitrogens is 3. The van der Waals surface area contributed by atoms with Gasteiger partial charge in [0.15, 0.2) is 0 Å². The van der Waals surface area contributed by atoms with E-state index in [0.29, 0.717) is 12.2 Å². The van der Waals surface area contributed by atoms with Gasteiger partial charge in [-0.2, -0.15) is 0 Å². The third-order valence-electron chi connectivity index (χ3n) is 4.68. The summed E-state index contributed by atoms with van der Waals surface area (Å²) in [4.78, 5) is 17.3. The molecule has 0 fully saturated rings. The van der Waals surface area contributed by atoms with Gasteiger partial charge >= 0.3 is 0 Å². The molecule has 1 aliphatic heterocycles. The molecular formula is C21H20N6. The number of nitrogens with two attached hydrogens (primary N) is 1. The second-order valence-corrected chi connectivity index (χ2v) is 6.50. The van der Waals surface area contributed by atoms with Gasteiger partial charge in [-0.1, -0.05) is 12.1 Å². The van der Waals surface area contributed by atoms with Crippen LogP contribution in [0.5, 0.6) is 0 Å². The Labute approximate surface area is 157 Å². The van der Waals surface area contributed by atoms with Gasteiger partial charge in [0.05, 0.1) is 11.2 Å². The maximum Gasteiger partial charge on any atom is 0.119 e. The van der Waals surface area contributed by atoms with Crippen LogP contribution in [0.4, 0.5) is 5.69 Å². The summed E-state index contributed by atoms with van der Waals surface area (Å²) in [6.45, 7) is 0. The molecule has 6 heteroatoms. The van der Waals surface area contributed by atoms with Crippen molar-refractivity contribution in [2.24, 2.45) is 10.7 Å². The van der Waals surface area contributed by atoms with Gasteiger partial charge in [0, 0.05) is 49.3 Å². The van der Waals surface area contributed by atoms with Crippen molar-refractivity contribution in [3.05, 3.63) is 96.6 Å². The van der Waals surface area contributed by atoms with Gasteiger partial charge in [-0.05, 0) is 47.9 Å². The van der Waals surface area contributed by atoms with Crippen LogP contribution in [0.2, 0.25) is 0 Å². The topological polar surface area (TPSA) is 89.1 Å². The van der Waals surface area contributed by atoms with E-state index in [0.717, 1.165) is 16.8 Å². The zero-order valence-electron chi connectivity index (χ0n) is 14.7. The minimum atomic E-state index is -0.530. The molecule has 0 saturated carbocycles. The fourth-order valence-corrected chi connectivity index (χ4v) is 3.50. The third kappa shape index (κ3) is 3.55. The summed E-state index contributed by atoms with van der Waals surface area (Å²) in [5, 5.41) is 3.64. The number of nitrogens with one attached hydrogen (secondary N) is 1. The SMILES string of the molecule is NC1=CCC(Nc2cccnc2)(C(c2cccnc2)c2cccnc2)C=N1. The molecule has 6 nitrogen and oxygen atoms in total. The van der Waals surface area contributed by atoms with Crippen molar-refractivity contribution < 1.29 is 0 Å². The molecule has 4 heterocycles. The first-order chi connectivity index (χ1) is 13.3. The zero-order valence-corrected chi connectivity index (χ0v) is 14.7. The average Bonchev–Trinajstić information content (AvgIpc) is 2.73. The Kier molecular flexibility index (Phi) is 4.61. The van der Waals surface area contributed by atoms with E-state index in [1.165, 1.54) is 0 Å². The Balaban J connectivity index is 1.86. The predicted octanol–water partition coefficient (Wildman–Crippen LogP) is 3.13. The largest absolute Gasteiger partial charge is 0.384 e. The van der Waals surface area contributed by atoms with Crippen LogP contribution in [0.1, 0.15) is 23.5 Å². The number of hydrogen-bond acceptors (Lipinski definition) is 6. The molecule has 27 heavy (non-hydrogen) atoms. The van der Waals surface area contributed by atoms with Crippen LogP contribution in [0.25, 0.3) is 0 Å². The van der Waals surface area contributed by atoms with Crippen molar-refractivity contribution in [2.75, 3.05) is 5.32 Å². The van der Waals surface area contributed by atoms with Gasteiger partial charge in [0.25, 0.3) is 0 Å². The molecule has 0 bridgehead atoms. The lowest BCUT2D eigenvalue weighted by Gasteiger charge is -2.40. The predicted molar refractivity (Wildman–Crippen MR) is 106 cm³/mol. The molecular weight excluding hydrogens is 336 g/mol. The van der Waals surface area contributed by atoms with Gasteiger partial charge in [-0.25, -0.2) is 4.99 Å². The molecule has 0 saturated heterocycles. The lowest BCUT2D eigenvalue weighted by atomic mass is 9.73. The van der Waals surface area contributed by atoms with Crippen molar-refractivity contribution in [1.29, 1.82) is 0 Å². The van der Waals surface area contributed by atoms with E-state index in [9.17, 15) is 0 Å². The Morgan fingerprint density at radius 3 is 2.00 bits per heavy atom. The molecule has 0 spiro atoms. The van der Waals surface area contributed by atoms with Crippen LogP contribution in [-0.2, 0) is 0 Å². The van der Waals surface area contributed by atoms with Crippen molar-refractivity contribution in [3.63, 3.8) is 0 Å². The Bertz CT molecular complexity index is 901. The highest BCUT2D eigenvalue weighted by Crippen LogP contribution is 2.39.